The summed E-state index contributed by atoms with van der Waals surface area (Å²) in [4.78, 5) is 21.0. The van der Waals surface area contributed by atoms with Gasteiger partial charge >= 0.3 is 0 Å². The van der Waals surface area contributed by atoms with Gasteiger partial charge in [0.25, 0.3) is 5.91 Å². The van der Waals surface area contributed by atoms with Gasteiger partial charge in [-0.2, -0.15) is 0 Å². The van der Waals surface area contributed by atoms with E-state index in [-0.39, 0.29) is 11.9 Å². The maximum Gasteiger partial charge on any atom is 0.257 e. The first-order chi connectivity index (χ1) is 10.7. The first-order valence-electron chi connectivity index (χ1n) is 7.55. The first kappa shape index (κ1) is 14.8. The lowest BCUT2D eigenvalue weighted by atomic mass is 10.00. The lowest BCUT2D eigenvalue weighted by molar-refractivity contribution is 0.0704. The molecule has 1 amide bonds. The molecule has 3 rings (SSSR count). The van der Waals surface area contributed by atoms with Crippen molar-refractivity contribution in [3.8, 4) is 0 Å². The van der Waals surface area contributed by atoms with E-state index < -0.39 is 0 Å². The predicted octanol–water partition coefficient (Wildman–Crippen LogP) is 2.06. The van der Waals surface area contributed by atoms with Gasteiger partial charge < -0.3 is 14.2 Å². The number of pyridine rings is 1. The molecule has 0 radical (unpaired) electrons. The fourth-order valence-electron chi connectivity index (χ4n) is 3.25. The molecule has 0 aromatic carbocycles. The van der Waals surface area contributed by atoms with Gasteiger partial charge in [0.05, 0.1) is 17.9 Å². The molecular formula is C17H21N3O2. The number of hydrogen-bond donors (Lipinski definition) is 0. The second kappa shape index (κ2) is 6.32. The Morgan fingerprint density at radius 1 is 1.36 bits per heavy atom. The second-order valence-corrected chi connectivity index (χ2v) is 5.96. The van der Waals surface area contributed by atoms with E-state index in [1.54, 1.807) is 24.7 Å². The SMILES string of the molecule is CN(C)[C@@H]1CCN(C(=O)c2ccoc2)[C@H]1Cc1ccncc1. The van der Waals surface area contributed by atoms with E-state index in [1.165, 1.54) is 11.8 Å². The van der Waals surface area contributed by atoms with Gasteiger partial charge in [0.2, 0.25) is 0 Å². The highest BCUT2D eigenvalue weighted by Crippen LogP contribution is 2.26. The smallest absolute Gasteiger partial charge is 0.257 e. The predicted molar refractivity (Wildman–Crippen MR) is 83.6 cm³/mol. The van der Waals surface area contributed by atoms with Crippen molar-refractivity contribution in [1.82, 2.24) is 14.8 Å². The number of nitrogens with zero attached hydrogens (tertiary/aromatic N) is 3. The van der Waals surface area contributed by atoms with Crippen LogP contribution in [0, 0.1) is 0 Å². The molecule has 3 heterocycles. The molecule has 2 atom stereocenters. The summed E-state index contributed by atoms with van der Waals surface area (Å²) >= 11 is 0. The zero-order valence-electron chi connectivity index (χ0n) is 13.0. The molecular weight excluding hydrogens is 278 g/mol. The molecule has 1 aliphatic heterocycles. The Hall–Kier alpha value is -2.14. The van der Waals surface area contributed by atoms with Crippen molar-refractivity contribution in [2.24, 2.45) is 0 Å². The van der Waals surface area contributed by atoms with Gasteiger partial charge in [-0.05, 0) is 50.7 Å². The molecule has 1 fully saturated rings. The van der Waals surface area contributed by atoms with Crippen LogP contribution in [-0.2, 0) is 6.42 Å². The van der Waals surface area contributed by atoms with Crippen molar-refractivity contribution in [1.29, 1.82) is 0 Å². The van der Waals surface area contributed by atoms with Crippen LogP contribution in [0.25, 0.3) is 0 Å². The summed E-state index contributed by atoms with van der Waals surface area (Å²) in [5.41, 5.74) is 1.83. The van der Waals surface area contributed by atoms with E-state index in [1.807, 2.05) is 17.0 Å². The number of amides is 1. The van der Waals surface area contributed by atoms with Crippen molar-refractivity contribution >= 4 is 5.91 Å². The third-order valence-corrected chi connectivity index (χ3v) is 4.40. The number of hydrogen-bond acceptors (Lipinski definition) is 4. The summed E-state index contributed by atoms with van der Waals surface area (Å²) in [6.45, 7) is 0.780. The van der Waals surface area contributed by atoms with Gasteiger partial charge in [-0.15, -0.1) is 0 Å². The van der Waals surface area contributed by atoms with E-state index in [2.05, 4.69) is 24.0 Å². The van der Waals surface area contributed by atoms with E-state index in [0.29, 0.717) is 11.6 Å². The Morgan fingerprint density at radius 2 is 2.14 bits per heavy atom. The van der Waals surface area contributed by atoms with E-state index >= 15 is 0 Å². The molecule has 116 valence electrons. The maximum absolute atomic E-state index is 12.7. The topological polar surface area (TPSA) is 49.6 Å². The third kappa shape index (κ3) is 2.90. The summed E-state index contributed by atoms with van der Waals surface area (Å²) in [5.74, 6) is 0.0529. The van der Waals surface area contributed by atoms with Crippen LogP contribution in [0.4, 0.5) is 0 Å². The zero-order chi connectivity index (χ0) is 15.5. The van der Waals surface area contributed by atoms with E-state index in [0.717, 1.165) is 19.4 Å². The van der Waals surface area contributed by atoms with Crippen LogP contribution in [0.3, 0.4) is 0 Å². The number of furan rings is 1. The van der Waals surface area contributed by atoms with Crippen molar-refractivity contribution in [2.45, 2.75) is 24.9 Å². The van der Waals surface area contributed by atoms with Crippen molar-refractivity contribution in [2.75, 3.05) is 20.6 Å². The van der Waals surface area contributed by atoms with Crippen LogP contribution in [0.1, 0.15) is 22.3 Å². The number of likely N-dealkylation sites (N-methyl/N-ethyl adjacent to an activating group) is 1. The Balaban J connectivity index is 1.84. The molecule has 5 nitrogen and oxygen atoms in total. The molecule has 5 heteroatoms. The van der Waals surface area contributed by atoms with Gasteiger partial charge in [-0.3, -0.25) is 9.78 Å². The van der Waals surface area contributed by atoms with Gasteiger partial charge in [-0.1, -0.05) is 0 Å². The summed E-state index contributed by atoms with van der Waals surface area (Å²) in [5, 5.41) is 0. The average molecular weight is 299 g/mol. The monoisotopic (exact) mass is 299 g/mol. The van der Waals surface area contributed by atoms with Crippen molar-refractivity contribution < 1.29 is 9.21 Å². The van der Waals surface area contributed by atoms with Gasteiger partial charge in [0.1, 0.15) is 6.26 Å². The molecule has 0 bridgehead atoms. The molecule has 2 aromatic rings. The van der Waals surface area contributed by atoms with Crippen LogP contribution in [-0.4, -0.2) is 53.4 Å². The second-order valence-electron chi connectivity index (χ2n) is 5.96. The Labute approximate surface area is 130 Å². The molecule has 0 spiro atoms. The largest absolute Gasteiger partial charge is 0.472 e. The standard InChI is InChI=1S/C17H21N3O2/c1-19(2)15-5-9-20(17(21)14-6-10-22-12-14)16(15)11-13-3-7-18-8-4-13/h3-4,6-8,10,12,15-16H,5,9,11H2,1-2H3/t15-,16+/m1/s1. The minimum atomic E-state index is 0.0529. The minimum Gasteiger partial charge on any atom is -0.472 e. The molecule has 1 aliphatic rings. The summed E-state index contributed by atoms with van der Waals surface area (Å²) in [6, 6.07) is 6.30. The number of likely N-dealkylation sites (tertiary alicyclic amines) is 1. The summed E-state index contributed by atoms with van der Waals surface area (Å²) < 4.78 is 5.06. The van der Waals surface area contributed by atoms with Crippen molar-refractivity contribution in [3.63, 3.8) is 0 Å². The zero-order valence-corrected chi connectivity index (χ0v) is 13.0. The normalized spacial score (nSPS) is 21.5. The van der Waals surface area contributed by atoms with Crippen LogP contribution in [0.5, 0.6) is 0 Å². The highest BCUT2D eigenvalue weighted by Gasteiger charge is 2.38. The number of aromatic nitrogens is 1. The van der Waals surface area contributed by atoms with E-state index in [9.17, 15) is 4.79 Å². The molecule has 0 N–H and O–H groups in total. The molecule has 1 saturated heterocycles. The summed E-state index contributed by atoms with van der Waals surface area (Å²) in [6.07, 6.45) is 8.51. The lowest BCUT2D eigenvalue weighted by Gasteiger charge is -2.31. The van der Waals surface area contributed by atoms with Gasteiger partial charge in [0.15, 0.2) is 0 Å². The quantitative estimate of drug-likeness (QED) is 0.867. The molecule has 0 aliphatic carbocycles. The highest BCUT2D eigenvalue weighted by molar-refractivity contribution is 5.94. The van der Waals surface area contributed by atoms with Crippen LogP contribution >= 0.6 is 0 Å². The molecule has 0 unspecified atom stereocenters. The van der Waals surface area contributed by atoms with Gasteiger partial charge in [-0.25, -0.2) is 0 Å². The number of carbonyl (C=O) groups is 1. The van der Waals surface area contributed by atoms with Gasteiger partial charge in [0, 0.05) is 25.0 Å². The van der Waals surface area contributed by atoms with Crippen LogP contribution in [0.2, 0.25) is 0 Å². The Kier molecular flexibility index (Phi) is 4.24. The first-order valence-corrected chi connectivity index (χ1v) is 7.55. The van der Waals surface area contributed by atoms with Crippen LogP contribution < -0.4 is 0 Å². The van der Waals surface area contributed by atoms with Crippen molar-refractivity contribution in [3.05, 3.63) is 54.2 Å². The lowest BCUT2D eigenvalue weighted by Crippen LogP contribution is -2.45. The summed E-state index contributed by atoms with van der Waals surface area (Å²) in [7, 11) is 4.16. The number of rotatable bonds is 4. The molecule has 0 saturated carbocycles. The highest BCUT2D eigenvalue weighted by atomic mass is 16.3. The van der Waals surface area contributed by atoms with Crippen LogP contribution in [0.15, 0.2) is 47.5 Å². The average Bonchev–Trinajstić information content (AvgIpc) is 3.17. The maximum atomic E-state index is 12.7. The third-order valence-electron chi connectivity index (χ3n) is 4.40. The Bertz CT molecular complexity index is 610. The Morgan fingerprint density at radius 3 is 2.77 bits per heavy atom. The molecule has 22 heavy (non-hydrogen) atoms. The fourth-order valence-corrected chi connectivity index (χ4v) is 3.25. The minimum absolute atomic E-state index is 0.0529. The fraction of sp³-hybridized carbons (Fsp3) is 0.412. The number of carbonyl (C=O) groups excluding carboxylic acids is 1. The van der Waals surface area contributed by atoms with E-state index in [4.69, 9.17) is 4.42 Å². The molecule has 2 aromatic heterocycles.